The van der Waals surface area contributed by atoms with Gasteiger partial charge < -0.3 is 10.1 Å². The summed E-state index contributed by atoms with van der Waals surface area (Å²) in [7, 11) is 1.43. The SMILES string of the molecule is COC(=O)C1(NCCCN=[N+]=[N-])CCCCC1. The summed E-state index contributed by atoms with van der Waals surface area (Å²) in [4.78, 5) is 14.5. The minimum atomic E-state index is -0.511. The van der Waals surface area contributed by atoms with Crippen molar-refractivity contribution in [3.8, 4) is 0 Å². The first-order valence-electron chi connectivity index (χ1n) is 6.09. The van der Waals surface area contributed by atoms with Crippen LogP contribution in [0.3, 0.4) is 0 Å². The van der Waals surface area contributed by atoms with Gasteiger partial charge in [-0.05, 0) is 31.3 Å². The molecule has 1 saturated carbocycles. The number of esters is 1. The van der Waals surface area contributed by atoms with Crippen molar-refractivity contribution in [3.05, 3.63) is 10.4 Å². The molecule has 0 aromatic rings. The van der Waals surface area contributed by atoms with Crippen LogP contribution in [-0.4, -0.2) is 31.7 Å². The van der Waals surface area contributed by atoms with Gasteiger partial charge in [0.05, 0.1) is 7.11 Å². The van der Waals surface area contributed by atoms with Gasteiger partial charge in [0.15, 0.2) is 0 Å². The highest BCUT2D eigenvalue weighted by atomic mass is 16.5. The average Bonchev–Trinajstić information content (AvgIpc) is 2.38. The molecular weight excluding hydrogens is 220 g/mol. The maximum Gasteiger partial charge on any atom is 0.326 e. The Bertz CT molecular complexity index is 294. The maximum absolute atomic E-state index is 11.8. The molecule has 0 atom stereocenters. The molecular formula is C11H20N4O2. The summed E-state index contributed by atoms with van der Waals surface area (Å²) in [6.45, 7) is 1.13. The predicted octanol–water partition coefficient (Wildman–Crippen LogP) is 2.15. The molecule has 1 aliphatic carbocycles. The van der Waals surface area contributed by atoms with Crippen molar-refractivity contribution in [1.82, 2.24) is 5.32 Å². The number of carbonyl (C=O) groups excluding carboxylic acids is 1. The van der Waals surface area contributed by atoms with Crippen LogP contribution >= 0.6 is 0 Å². The summed E-state index contributed by atoms with van der Waals surface area (Å²) >= 11 is 0. The highest BCUT2D eigenvalue weighted by Gasteiger charge is 2.39. The Balaban J connectivity index is 2.46. The van der Waals surface area contributed by atoms with Gasteiger partial charge in [-0.3, -0.25) is 4.79 Å². The molecule has 17 heavy (non-hydrogen) atoms. The van der Waals surface area contributed by atoms with E-state index < -0.39 is 5.54 Å². The highest BCUT2D eigenvalue weighted by molar-refractivity contribution is 5.80. The van der Waals surface area contributed by atoms with Crippen molar-refractivity contribution in [3.63, 3.8) is 0 Å². The highest BCUT2D eigenvalue weighted by Crippen LogP contribution is 2.29. The largest absolute Gasteiger partial charge is 0.468 e. The zero-order valence-corrected chi connectivity index (χ0v) is 10.3. The fourth-order valence-corrected chi connectivity index (χ4v) is 2.33. The van der Waals surface area contributed by atoms with Gasteiger partial charge >= 0.3 is 5.97 Å². The first-order valence-corrected chi connectivity index (χ1v) is 6.09. The van der Waals surface area contributed by atoms with Crippen LogP contribution in [0, 0.1) is 0 Å². The van der Waals surface area contributed by atoms with E-state index in [9.17, 15) is 4.79 Å². The smallest absolute Gasteiger partial charge is 0.326 e. The van der Waals surface area contributed by atoms with Crippen molar-refractivity contribution in [1.29, 1.82) is 0 Å². The first-order chi connectivity index (χ1) is 8.25. The molecule has 1 aliphatic rings. The van der Waals surface area contributed by atoms with Crippen molar-refractivity contribution < 1.29 is 9.53 Å². The standard InChI is InChI=1S/C11H20N4O2/c1-17-10(16)11(6-3-2-4-7-11)13-8-5-9-14-15-12/h13H,2-9H2,1H3. The number of nitrogens with zero attached hydrogens (tertiary/aromatic N) is 3. The van der Waals surface area contributed by atoms with Crippen LogP contribution in [0.15, 0.2) is 5.11 Å². The minimum absolute atomic E-state index is 0.166. The number of carbonyl (C=O) groups is 1. The summed E-state index contributed by atoms with van der Waals surface area (Å²) in [6.07, 6.45) is 5.70. The van der Waals surface area contributed by atoms with Gasteiger partial charge in [0.1, 0.15) is 5.54 Å². The summed E-state index contributed by atoms with van der Waals surface area (Å²) in [5.74, 6) is -0.166. The number of hydrogen-bond donors (Lipinski definition) is 1. The molecule has 0 aromatic carbocycles. The van der Waals surface area contributed by atoms with Gasteiger partial charge in [-0.25, -0.2) is 0 Å². The van der Waals surface area contributed by atoms with E-state index in [2.05, 4.69) is 15.3 Å². The van der Waals surface area contributed by atoms with Crippen molar-refractivity contribution >= 4 is 5.97 Å². The molecule has 0 amide bonds. The molecule has 0 spiro atoms. The number of hydrogen-bond acceptors (Lipinski definition) is 4. The normalized spacial score (nSPS) is 18.2. The van der Waals surface area contributed by atoms with Crippen LogP contribution in [0.25, 0.3) is 10.4 Å². The van der Waals surface area contributed by atoms with Gasteiger partial charge in [-0.2, -0.15) is 0 Å². The fourth-order valence-electron chi connectivity index (χ4n) is 2.33. The van der Waals surface area contributed by atoms with E-state index in [1.54, 1.807) is 0 Å². The zero-order chi connectivity index (χ0) is 12.6. The van der Waals surface area contributed by atoms with Gasteiger partial charge in [-0.15, -0.1) is 0 Å². The van der Waals surface area contributed by atoms with E-state index in [0.29, 0.717) is 13.1 Å². The van der Waals surface area contributed by atoms with Crippen LogP contribution in [0.2, 0.25) is 0 Å². The third kappa shape index (κ3) is 3.91. The third-order valence-electron chi connectivity index (χ3n) is 3.24. The quantitative estimate of drug-likeness (QED) is 0.254. The molecule has 1 fully saturated rings. The number of nitrogens with one attached hydrogen (secondary N) is 1. The Labute approximate surface area is 101 Å². The summed E-state index contributed by atoms with van der Waals surface area (Å²) in [5, 5.41) is 6.75. The monoisotopic (exact) mass is 240 g/mol. The van der Waals surface area contributed by atoms with Crippen molar-refractivity contribution in [2.75, 3.05) is 20.2 Å². The maximum atomic E-state index is 11.8. The molecule has 0 radical (unpaired) electrons. The number of ether oxygens (including phenoxy) is 1. The summed E-state index contributed by atoms with van der Waals surface area (Å²) in [5.41, 5.74) is 7.64. The summed E-state index contributed by atoms with van der Waals surface area (Å²) in [6, 6.07) is 0. The fraction of sp³-hybridized carbons (Fsp3) is 0.909. The lowest BCUT2D eigenvalue weighted by Gasteiger charge is -2.35. The molecule has 0 saturated heterocycles. The van der Waals surface area contributed by atoms with E-state index >= 15 is 0 Å². The lowest BCUT2D eigenvalue weighted by molar-refractivity contribution is -0.150. The minimum Gasteiger partial charge on any atom is -0.468 e. The van der Waals surface area contributed by atoms with Crippen LogP contribution < -0.4 is 5.32 Å². The molecule has 1 N–H and O–H groups in total. The Morgan fingerprint density at radius 1 is 1.47 bits per heavy atom. The topological polar surface area (TPSA) is 87.1 Å². The molecule has 0 bridgehead atoms. The lowest BCUT2D eigenvalue weighted by atomic mass is 9.81. The average molecular weight is 240 g/mol. The predicted molar refractivity (Wildman–Crippen MR) is 64.5 cm³/mol. The number of azide groups is 1. The molecule has 6 nitrogen and oxygen atoms in total. The Kier molecular flexibility index (Phi) is 5.80. The third-order valence-corrected chi connectivity index (χ3v) is 3.24. The molecule has 0 unspecified atom stereocenters. The van der Waals surface area contributed by atoms with Crippen LogP contribution in [-0.2, 0) is 9.53 Å². The van der Waals surface area contributed by atoms with E-state index in [0.717, 1.165) is 32.1 Å². The van der Waals surface area contributed by atoms with Crippen LogP contribution in [0.1, 0.15) is 38.5 Å². The van der Waals surface area contributed by atoms with E-state index in [-0.39, 0.29) is 5.97 Å². The second-order valence-corrected chi connectivity index (χ2v) is 4.37. The number of methoxy groups -OCH3 is 1. The van der Waals surface area contributed by atoms with E-state index in [4.69, 9.17) is 10.3 Å². The van der Waals surface area contributed by atoms with E-state index in [1.165, 1.54) is 13.5 Å². The lowest BCUT2D eigenvalue weighted by Crippen LogP contribution is -2.54. The Morgan fingerprint density at radius 2 is 2.18 bits per heavy atom. The zero-order valence-electron chi connectivity index (χ0n) is 10.3. The van der Waals surface area contributed by atoms with Crippen LogP contribution in [0.5, 0.6) is 0 Å². The first kappa shape index (κ1) is 13.8. The molecule has 6 heteroatoms. The van der Waals surface area contributed by atoms with Gasteiger partial charge in [-0.1, -0.05) is 24.4 Å². The molecule has 96 valence electrons. The molecule has 0 aliphatic heterocycles. The van der Waals surface area contributed by atoms with Crippen molar-refractivity contribution in [2.24, 2.45) is 5.11 Å². The second-order valence-electron chi connectivity index (χ2n) is 4.37. The molecule has 0 heterocycles. The van der Waals surface area contributed by atoms with Crippen LogP contribution in [0.4, 0.5) is 0 Å². The second kappa shape index (κ2) is 7.14. The van der Waals surface area contributed by atoms with Gasteiger partial charge in [0.2, 0.25) is 0 Å². The van der Waals surface area contributed by atoms with Gasteiger partial charge in [0.25, 0.3) is 0 Å². The molecule has 1 rings (SSSR count). The Morgan fingerprint density at radius 3 is 2.76 bits per heavy atom. The Hall–Kier alpha value is -1.26. The van der Waals surface area contributed by atoms with Gasteiger partial charge in [0, 0.05) is 11.5 Å². The van der Waals surface area contributed by atoms with Crippen molar-refractivity contribution in [2.45, 2.75) is 44.1 Å². The summed E-state index contributed by atoms with van der Waals surface area (Å²) < 4.78 is 4.89. The number of rotatable bonds is 6. The molecule has 0 aromatic heterocycles. The van der Waals surface area contributed by atoms with E-state index in [1.807, 2.05) is 0 Å².